The predicted octanol–water partition coefficient (Wildman–Crippen LogP) is 4.12. The quantitative estimate of drug-likeness (QED) is 0.779. The summed E-state index contributed by atoms with van der Waals surface area (Å²) in [5.74, 6) is -0.163. The summed E-state index contributed by atoms with van der Waals surface area (Å²) >= 11 is 0. The zero-order valence-electron chi connectivity index (χ0n) is 11.5. The molecule has 21 heavy (non-hydrogen) atoms. The maximum Gasteiger partial charge on any atom is 0.258 e. The highest BCUT2D eigenvalue weighted by Crippen LogP contribution is 2.20. The smallest absolute Gasteiger partial charge is 0.258 e. The number of carbonyl (C=O) groups excluding carboxylic acids is 1. The summed E-state index contributed by atoms with van der Waals surface area (Å²) in [5, 5.41) is 2.93. The number of anilines is 1. The van der Waals surface area contributed by atoms with E-state index in [1.165, 1.54) is 18.1 Å². The second-order valence-corrected chi connectivity index (χ2v) is 4.79. The summed E-state index contributed by atoms with van der Waals surface area (Å²) in [4.78, 5) is 12.1. The Morgan fingerprint density at radius 2 is 1.71 bits per heavy atom. The van der Waals surface area contributed by atoms with Crippen LogP contribution in [0.15, 0.2) is 77.6 Å². The predicted molar refractivity (Wildman–Crippen MR) is 82.4 cm³/mol. The molecule has 0 radical (unpaired) electrons. The highest BCUT2D eigenvalue weighted by molar-refractivity contribution is 6.04. The molecule has 1 N–H and O–H groups in total. The van der Waals surface area contributed by atoms with Crippen molar-refractivity contribution in [1.29, 1.82) is 0 Å². The monoisotopic (exact) mass is 277 g/mol. The minimum Gasteiger partial charge on any atom is -0.472 e. The molecule has 104 valence electrons. The van der Waals surface area contributed by atoms with Crippen molar-refractivity contribution in [3.8, 4) is 0 Å². The zero-order chi connectivity index (χ0) is 14.5. The number of rotatable bonds is 4. The first kappa shape index (κ1) is 13.2. The van der Waals surface area contributed by atoms with Gasteiger partial charge in [-0.05, 0) is 29.7 Å². The fourth-order valence-corrected chi connectivity index (χ4v) is 2.20. The Balaban J connectivity index is 1.81. The van der Waals surface area contributed by atoms with E-state index in [1.54, 1.807) is 6.07 Å². The molecule has 3 nitrogen and oxygen atoms in total. The van der Waals surface area contributed by atoms with Crippen LogP contribution in [-0.4, -0.2) is 5.91 Å². The summed E-state index contributed by atoms with van der Waals surface area (Å²) in [6.07, 6.45) is 3.71. The van der Waals surface area contributed by atoms with Crippen LogP contribution in [0.3, 0.4) is 0 Å². The van der Waals surface area contributed by atoms with Crippen LogP contribution in [0, 0.1) is 0 Å². The normalized spacial score (nSPS) is 10.3. The molecule has 0 aliphatic heterocycles. The molecule has 3 heteroatoms. The van der Waals surface area contributed by atoms with Gasteiger partial charge in [-0.2, -0.15) is 0 Å². The molecule has 0 spiro atoms. The van der Waals surface area contributed by atoms with Gasteiger partial charge in [0.2, 0.25) is 0 Å². The molecule has 0 aliphatic carbocycles. The van der Waals surface area contributed by atoms with Crippen LogP contribution in [0.25, 0.3) is 0 Å². The van der Waals surface area contributed by atoms with E-state index in [0.717, 1.165) is 17.7 Å². The van der Waals surface area contributed by atoms with Gasteiger partial charge in [-0.3, -0.25) is 4.79 Å². The largest absolute Gasteiger partial charge is 0.472 e. The van der Waals surface area contributed by atoms with Gasteiger partial charge in [0.25, 0.3) is 5.91 Å². The molecular weight excluding hydrogens is 262 g/mol. The molecule has 3 aromatic rings. The fraction of sp³-hybridized carbons (Fsp3) is 0.0556. The fourth-order valence-electron chi connectivity index (χ4n) is 2.20. The van der Waals surface area contributed by atoms with Gasteiger partial charge in [-0.15, -0.1) is 0 Å². The molecule has 0 saturated heterocycles. The van der Waals surface area contributed by atoms with Crippen LogP contribution >= 0.6 is 0 Å². The van der Waals surface area contributed by atoms with Gasteiger partial charge < -0.3 is 9.73 Å². The Bertz CT molecular complexity index is 718. The van der Waals surface area contributed by atoms with E-state index < -0.39 is 0 Å². The van der Waals surface area contributed by atoms with E-state index in [9.17, 15) is 4.79 Å². The molecule has 1 aromatic heterocycles. The van der Waals surface area contributed by atoms with Crippen molar-refractivity contribution in [3.63, 3.8) is 0 Å². The molecule has 0 saturated carbocycles. The van der Waals surface area contributed by atoms with Crippen LogP contribution in [-0.2, 0) is 6.42 Å². The molecule has 0 fully saturated rings. The number of para-hydroxylation sites is 1. The first-order chi connectivity index (χ1) is 10.3. The Morgan fingerprint density at radius 3 is 2.48 bits per heavy atom. The van der Waals surface area contributed by atoms with Crippen LogP contribution in [0.4, 0.5) is 5.69 Å². The Labute approximate surface area is 123 Å². The molecule has 0 bridgehead atoms. The lowest BCUT2D eigenvalue weighted by molar-refractivity contribution is 0.102. The third-order valence-corrected chi connectivity index (χ3v) is 3.29. The van der Waals surface area contributed by atoms with Gasteiger partial charge in [0.15, 0.2) is 0 Å². The molecule has 1 amide bonds. The lowest BCUT2D eigenvalue weighted by Gasteiger charge is -2.10. The maximum atomic E-state index is 12.1. The summed E-state index contributed by atoms with van der Waals surface area (Å²) in [5.41, 5.74) is 3.64. The Kier molecular flexibility index (Phi) is 3.83. The summed E-state index contributed by atoms with van der Waals surface area (Å²) < 4.78 is 4.94. The van der Waals surface area contributed by atoms with Crippen molar-refractivity contribution in [2.45, 2.75) is 6.42 Å². The summed E-state index contributed by atoms with van der Waals surface area (Å²) in [7, 11) is 0. The molecular formula is C18H15NO2. The van der Waals surface area contributed by atoms with Crippen molar-refractivity contribution in [1.82, 2.24) is 0 Å². The lowest BCUT2D eigenvalue weighted by Crippen LogP contribution is -2.12. The molecule has 0 aliphatic rings. The second-order valence-electron chi connectivity index (χ2n) is 4.79. The van der Waals surface area contributed by atoms with Gasteiger partial charge in [0.05, 0.1) is 11.8 Å². The number of furan rings is 1. The Hall–Kier alpha value is -2.81. The first-order valence-corrected chi connectivity index (χ1v) is 6.78. The highest BCUT2D eigenvalue weighted by Gasteiger charge is 2.10. The van der Waals surface area contributed by atoms with Crippen LogP contribution in [0.2, 0.25) is 0 Å². The molecule has 3 rings (SSSR count). The lowest BCUT2D eigenvalue weighted by atomic mass is 10.0. The van der Waals surface area contributed by atoms with Crippen LogP contribution in [0.5, 0.6) is 0 Å². The summed E-state index contributed by atoms with van der Waals surface area (Å²) in [6, 6.07) is 19.7. The number of nitrogens with one attached hydrogen (secondary N) is 1. The zero-order valence-corrected chi connectivity index (χ0v) is 11.5. The minimum atomic E-state index is -0.163. The molecule has 2 aromatic carbocycles. The minimum absolute atomic E-state index is 0.163. The molecule has 0 atom stereocenters. The van der Waals surface area contributed by atoms with E-state index in [0.29, 0.717) is 5.56 Å². The van der Waals surface area contributed by atoms with Gasteiger partial charge in [-0.1, -0.05) is 48.5 Å². The first-order valence-electron chi connectivity index (χ1n) is 6.78. The van der Waals surface area contributed by atoms with Crippen molar-refractivity contribution in [3.05, 3.63) is 89.9 Å². The number of hydrogen-bond donors (Lipinski definition) is 1. The van der Waals surface area contributed by atoms with E-state index in [2.05, 4.69) is 17.4 Å². The van der Waals surface area contributed by atoms with Gasteiger partial charge in [0, 0.05) is 5.69 Å². The van der Waals surface area contributed by atoms with E-state index >= 15 is 0 Å². The van der Waals surface area contributed by atoms with Crippen LogP contribution < -0.4 is 5.32 Å². The highest BCUT2D eigenvalue weighted by atomic mass is 16.3. The topological polar surface area (TPSA) is 42.2 Å². The maximum absolute atomic E-state index is 12.1. The van der Waals surface area contributed by atoms with E-state index in [1.807, 2.05) is 42.5 Å². The third kappa shape index (κ3) is 3.20. The van der Waals surface area contributed by atoms with Crippen molar-refractivity contribution >= 4 is 11.6 Å². The standard InChI is InChI=1S/C18H15NO2/c20-18(16-10-11-21-13-16)19-17-9-5-4-8-15(17)12-14-6-2-1-3-7-14/h1-11,13H,12H2,(H,19,20). The number of carbonyl (C=O) groups is 1. The van der Waals surface area contributed by atoms with Crippen LogP contribution in [0.1, 0.15) is 21.5 Å². The van der Waals surface area contributed by atoms with Crippen molar-refractivity contribution in [2.24, 2.45) is 0 Å². The summed E-state index contributed by atoms with van der Waals surface area (Å²) in [6.45, 7) is 0. The number of hydrogen-bond acceptors (Lipinski definition) is 2. The number of amides is 1. The van der Waals surface area contributed by atoms with E-state index in [-0.39, 0.29) is 5.91 Å². The molecule has 1 heterocycles. The SMILES string of the molecule is O=C(Nc1ccccc1Cc1ccccc1)c1ccoc1. The Morgan fingerprint density at radius 1 is 0.952 bits per heavy atom. The molecule has 0 unspecified atom stereocenters. The van der Waals surface area contributed by atoms with Gasteiger partial charge >= 0.3 is 0 Å². The van der Waals surface area contributed by atoms with Gasteiger partial charge in [-0.25, -0.2) is 0 Å². The average molecular weight is 277 g/mol. The average Bonchev–Trinajstić information content (AvgIpc) is 3.05. The van der Waals surface area contributed by atoms with Gasteiger partial charge in [0.1, 0.15) is 6.26 Å². The number of benzene rings is 2. The van der Waals surface area contributed by atoms with Crippen molar-refractivity contribution < 1.29 is 9.21 Å². The van der Waals surface area contributed by atoms with E-state index in [4.69, 9.17) is 4.42 Å². The second kappa shape index (κ2) is 6.09. The van der Waals surface area contributed by atoms with Crippen molar-refractivity contribution in [2.75, 3.05) is 5.32 Å². The third-order valence-electron chi connectivity index (χ3n) is 3.29.